The first-order valence-electron chi connectivity index (χ1n) is 8.96. The third-order valence-corrected chi connectivity index (χ3v) is 4.95. The van der Waals surface area contributed by atoms with Crippen molar-refractivity contribution in [3.63, 3.8) is 0 Å². The second-order valence-corrected chi connectivity index (χ2v) is 6.85. The van der Waals surface area contributed by atoms with Crippen LogP contribution in [0.5, 0.6) is 0 Å². The normalized spacial score (nSPS) is 10.8. The maximum Gasteiger partial charge on any atom is 0.341 e. The minimum Gasteiger partial charge on any atom is -0.462 e. The van der Waals surface area contributed by atoms with Crippen molar-refractivity contribution >= 4 is 34.3 Å². The Morgan fingerprint density at radius 2 is 1.76 bits per heavy atom. The van der Waals surface area contributed by atoms with Gasteiger partial charge in [-0.3, -0.25) is 4.79 Å². The van der Waals surface area contributed by atoms with E-state index >= 15 is 0 Å². The summed E-state index contributed by atoms with van der Waals surface area (Å²) in [6.07, 6.45) is 1.51. The second kappa shape index (κ2) is 9.49. The number of hydrogen-bond donors (Lipinski definition) is 1. The quantitative estimate of drug-likeness (QED) is 0.352. The summed E-state index contributed by atoms with van der Waals surface area (Å²) in [6, 6.07) is 20.4. The van der Waals surface area contributed by atoms with Gasteiger partial charge in [-0.05, 0) is 24.1 Å². The fourth-order valence-corrected chi connectivity index (χ4v) is 3.67. The van der Waals surface area contributed by atoms with E-state index in [0.717, 1.165) is 11.1 Å². The summed E-state index contributed by atoms with van der Waals surface area (Å²) in [5, 5.41) is 14.3. The Hall–Kier alpha value is -3.69. The molecular formula is C23H18N2O3S. The van der Waals surface area contributed by atoms with E-state index in [1.807, 2.05) is 54.6 Å². The van der Waals surface area contributed by atoms with Gasteiger partial charge in [0.25, 0.3) is 5.91 Å². The predicted molar refractivity (Wildman–Crippen MR) is 114 cm³/mol. The first kappa shape index (κ1) is 20.1. The van der Waals surface area contributed by atoms with Crippen LogP contribution in [0.25, 0.3) is 17.2 Å². The standard InChI is InChI=1S/C23H18N2O3S/c1-2-28-23(27)20-19(17-11-7-4-8-12-17)15-29-22(20)25-21(26)18(14-24)13-16-9-5-3-6-10-16/h3-13,15H,2H2,1H3,(H,25,26)/b18-13-. The molecule has 0 aliphatic carbocycles. The van der Waals surface area contributed by atoms with E-state index in [-0.39, 0.29) is 17.7 Å². The van der Waals surface area contributed by atoms with Crippen LogP contribution in [0.3, 0.4) is 0 Å². The number of anilines is 1. The van der Waals surface area contributed by atoms with Crippen LogP contribution in [0.1, 0.15) is 22.8 Å². The van der Waals surface area contributed by atoms with Crippen molar-refractivity contribution in [2.75, 3.05) is 11.9 Å². The Morgan fingerprint density at radius 3 is 2.38 bits per heavy atom. The molecule has 0 bridgehead atoms. The minimum absolute atomic E-state index is 0.0549. The molecule has 0 unspecified atom stereocenters. The molecular weight excluding hydrogens is 384 g/mol. The number of amides is 1. The summed E-state index contributed by atoms with van der Waals surface area (Å²) >= 11 is 1.22. The molecule has 1 N–H and O–H groups in total. The smallest absolute Gasteiger partial charge is 0.341 e. The lowest BCUT2D eigenvalue weighted by Gasteiger charge is -2.08. The number of rotatable bonds is 6. The van der Waals surface area contributed by atoms with E-state index in [1.165, 1.54) is 17.4 Å². The third kappa shape index (κ3) is 4.78. The zero-order valence-corrected chi connectivity index (χ0v) is 16.5. The Balaban J connectivity index is 1.95. The van der Waals surface area contributed by atoms with E-state index in [0.29, 0.717) is 10.6 Å². The molecule has 2 aromatic carbocycles. The average Bonchev–Trinajstić information content (AvgIpc) is 3.17. The molecule has 0 atom stereocenters. The number of carbonyl (C=O) groups is 2. The van der Waals surface area contributed by atoms with E-state index in [1.54, 1.807) is 24.4 Å². The second-order valence-electron chi connectivity index (χ2n) is 5.97. The largest absolute Gasteiger partial charge is 0.462 e. The lowest BCUT2D eigenvalue weighted by molar-refractivity contribution is -0.112. The van der Waals surface area contributed by atoms with Crippen LogP contribution in [0, 0.1) is 11.3 Å². The number of nitrogens with one attached hydrogen (secondary N) is 1. The summed E-state index contributed by atoms with van der Waals surface area (Å²) in [5.41, 5.74) is 2.48. The van der Waals surface area contributed by atoms with Crippen LogP contribution in [0.15, 0.2) is 71.6 Å². The molecule has 3 rings (SSSR count). The van der Waals surface area contributed by atoms with E-state index in [9.17, 15) is 14.9 Å². The molecule has 0 radical (unpaired) electrons. The first-order chi connectivity index (χ1) is 14.1. The number of nitrogens with zero attached hydrogens (tertiary/aromatic N) is 1. The van der Waals surface area contributed by atoms with Crippen molar-refractivity contribution in [2.45, 2.75) is 6.92 Å². The summed E-state index contributed by atoms with van der Waals surface area (Å²) < 4.78 is 5.19. The molecule has 29 heavy (non-hydrogen) atoms. The van der Waals surface area contributed by atoms with Crippen LogP contribution < -0.4 is 5.32 Å². The maximum atomic E-state index is 12.7. The van der Waals surface area contributed by atoms with E-state index < -0.39 is 11.9 Å². The Kier molecular flexibility index (Phi) is 6.56. The molecule has 0 spiro atoms. The lowest BCUT2D eigenvalue weighted by atomic mass is 10.0. The number of ether oxygens (including phenoxy) is 1. The topological polar surface area (TPSA) is 79.2 Å². The van der Waals surface area contributed by atoms with Gasteiger partial charge >= 0.3 is 5.97 Å². The summed E-state index contributed by atoms with van der Waals surface area (Å²) in [5.74, 6) is -1.10. The molecule has 5 nitrogen and oxygen atoms in total. The van der Waals surface area contributed by atoms with Gasteiger partial charge in [-0.2, -0.15) is 5.26 Å². The highest BCUT2D eigenvalue weighted by Gasteiger charge is 2.23. The van der Waals surface area contributed by atoms with Crippen LogP contribution in [0.2, 0.25) is 0 Å². The maximum absolute atomic E-state index is 12.7. The van der Waals surface area contributed by atoms with Crippen molar-refractivity contribution < 1.29 is 14.3 Å². The zero-order chi connectivity index (χ0) is 20.6. The molecule has 1 aromatic heterocycles. The molecule has 1 amide bonds. The summed E-state index contributed by atoms with van der Waals surface area (Å²) in [7, 11) is 0. The minimum atomic E-state index is -0.580. The summed E-state index contributed by atoms with van der Waals surface area (Å²) in [6.45, 7) is 1.94. The van der Waals surface area contributed by atoms with Gasteiger partial charge in [0.15, 0.2) is 0 Å². The van der Waals surface area contributed by atoms with Crippen molar-refractivity contribution in [3.8, 4) is 17.2 Å². The number of thiophene rings is 1. The number of carbonyl (C=O) groups excluding carboxylic acids is 2. The van der Waals surface area contributed by atoms with Crippen LogP contribution in [0.4, 0.5) is 5.00 Å². The molecule has 3 aromatic rings. The van der Waals surface area contributed by atoms with Crippen LogP contribution in [-0.2, 0) is 9.53 Å². The SMILES string of the molecule is CCOC(=O)c1c(-c2ccccc2)csc1NC(=O)/C(C#N)=C\c1ccccc1. The molecule has 6 heteroatoms. The monoisotopic (exact) mass is 402 g/mol. The molecule has 0 saturated heterocycles. The third-order valence-electron chi connectivity index (χ3n) is 4.06. The average molecular weight is 402 g/mol. The fraction of sp³-hybridized carbons (Fsp3) is 0.0870. The summed E-state index contributed by atoms with van der Waals surface area (Å²) in [4.78, 5) is 25.3. The van der Waals surface area contributed by atoms with Gasteiger partial charge in [-0.25, -0.2) is 4.79 Å². The van der Waals surface area contributed by atoms with Crippen molar-refractivity contribution in [2.24, 2.45) is 0 Å². The molecule has 0 saturated carbocycles. The van der Waals surface area contributed by atoms with Gasteiger partial charge in [0.2, 0.25) is 0 Å². The molecule has 0 aliphatic rings. The number of esters is 1. The van der Waals surface area contributed by atoms with Gasteiger partial charge in [0.05, 0.1) is 6.61 Å². The highest BCUT2D eigenvalue weighted by atomic mass is 32.1. The van der Waals surface area contributed by atoms with Crippen molar-refractivity contribution in [3.05, 3.63) is 82.7 Å². The van der Waals surface area contributed by atoms with Gasteiger partial charge in [0, 0.05) is 10.9 Å². The number of nitriles is 1. The highest BCUT2D eigenvalue weighted by Crippen LogP contribution is 2.36. The fourth-order valence-electron chi connectivity index (χ4n) is 2.72. The van der Waals surface area contributed by atoms with Gasteiger partial charge in [0.1, 0.15) is 22.2 Å². The van der Waals surface area contributed by atoms with E-state index in [4.69, 9.17) is 4.74 Å². The van der Waals surface area contributed by atoms with E-state index in [2.05, 4.69) is 5.32 Å². The van der Waals surface area contributed by atoms with Gasteiger partial charge < -0.3 is 10.1 Å². The molecule has 0 fully saturated rings. The number of benzene rings is 2. The van der Waals surface area contributed by atoms with Gasteiger partial charge in [-0.1, -0.05) is 60.7 Å². The van der Waals surface area contributed by atoms with Crippen molar-refractivity contribution in [1.29, 1.82) is 5.26 Å². The van der Waals surface area contributed by atoms with Gasteiger partial charge in [-0.15, -0.1) is 11.3 Å². The van der Waals surface area contributed by atoms with Crippen molar-refractivity contribution in [1.82, 2.24) is 0 Å². The molecule has 1 heterocycles. The van der Waals surface area contributed by atoms with Crippen LogP contribution >= 0.6 is 11.3 Å². The zero-order valence-electron chi connectivity index (χ0n) is 15.7. The Morgan fingerprint density at radius 1 is 1.10 bits per heavy atom. The molecule has 144 valence electrons. The van der Waals surface area contributed by atoms with Crippen LogP contribution in [-0.4, -0.2) is 18.5 Å². The predicted octanol–water partition coefficient (Wildman–Crippen LogP) is 5.14. The Bertz CT molecular complexity index is 1080. The molecule has 0 aliphatic heterocycles. The lowest BCUT2D eigenvalue weighted by Crippen LogP contribution is -2.16. The number of hydrogen-bond acceptors (Lipinski definition) is 5. The highest BCUT2D eigenvalue weighted by molar-refractivity contribution is 7.15. The first-order valence-corrected chi connectivity index (χ1v) is 9.84. The Labute approximate surface area is 172 Å².